The van der Waals surface area contributed by atoms with E-state index in [4.69, 9.17) is 4.74 Å². The topological polar surface area (TPSA) is 61.3 Å². The Bertz CT molecular complexity index is 567. The number of methoxy groups -OCH3 is 1. The number of aryl methyl sites for hydroxylation is 1. The van der Waals surface area contributed by atoms with Crippen molar-refractivity contribution in [2.24, 2.45) is 0 Å². The van der Waals surface area contributed by atoms with E-state index in [1.165, 1.54) is 25.1 Å². The van der Waals surface area contributed by atoms with Crippen LogP contribution < -0.4 is 4.74 Å². The van der Waals surface area contributed by atoms with Gasteiger partial charge in [-0.3, -0.25) is 4.98 Å². The van der Waals surface area contributed by atoms with E-state index in [1.54, 1.807) is 0 Å². The zero-order chi connectivity index (χ0) is 13.7. The molecule has 0 amide bonds. The molecule has 0 aliphatic heterocycles. The van der Waals surface area contributed by atoms with Gasteiger partial charge in [-0.1, -0.05) is 19.1 Å². The van der Waals surface area contributed by atoms with E-state index in [0.29, 0.717) is 5.75 Å². The third-order valence-corrected chi connectivity index (χ3v) is 2.56. The monoisotopic (exact) mass is 258 g/mol. The van der Waals surface area contributed by atoms with Crippen LogP contribution in [0.4, 0.5) is 0 Å². The molecule has 0 saturated carbocycles. The standard InChI is InChI=1S/C14H14N2O3/c1-3-10-4-6-11(7-5-10)19-13-9-15-8-12(16-13)14(17)18-2/h4-9H,3H2,1-2H3. The van der Waals surface area contributed by atoms with E-state index in [2.05, 4.69) is 21.6 Å². The predicted molar refractivity (Wildman–Crippen MR) is 69.3 cm³/mol. The summed E-state index contributed by atoms with van der Waals surface area (Å²) in [6.07, 6.45) is 3.75. The van der Waals surface area contributed by atoms with Gasteiger partial charge in [-0.2, -0.15) is 0 Å². The zero-order valence-corrected chi connectivity index (χ0v) is 10.8. The minimum absolute atomic E-state index is 0.116. The van der Waals surface area contributed by atoms with Crippen molar-refractivity contribution in [2.45, 2.75) is 13.3 Å². The number of ether oxygens (including phenoxy) is 2. The normalized spacial score (nSPS) is 10.0. The van der Waals surface area contributed by atoms with Gasteiger partial charge in [0.05, 0.1) is 19.5 Å². The van der Waals surface area contributed by atoms with Crippen molar-refractivity contribution >= 4 is 5.97 Å². The SMILES string of the molecule is CCc1ccc(Oc2cncc(C(=O)OC)n2)cc1. The molecule has 0 fully saturated rings. The number of carbonyl (C=O) groups is 1. The summed E-state index contributed by atoms with van der Waals surface area (Å²) in [6, 6.07) is 7.66. The van der Waals surface area contributed by atoms with Crippen LogP contribution in [0.3, 0.4) is 0 Å². The van der Waals surface area contributed by atoms with Gasteiger partial charge >= 0.3 is 5.97 Å². The highest BCUT2D eigenvalue weighted by molar-refractivity contribution is 5.86. The lowest BCUT2D eigenvalue weighted by Crippen LogP contribution is -2.05. The Hall–Kier alpha value is -2.43. The fraction of sp³-hybridized carbons (Fsp3) is 0.214. The third-order valence-electron chi connectivity index (χ3n) is 2.56. The van der Waals surface area contributed by atoms with Gasteiger partial charge in [0.1, 0.15) is 5.75 Å². The maximum absolute atomic E-state index is 11.3. The Balaban J connectivity index is 2.16. The van der Waals surface area contributed by atoms with Crippen molar-refractivity contribution in [1.82, 2.24) is 9.97 Å². The molecule has 0 aliphatic carbocycles. The Kier molecular flexibility index (Phi) is 4.07. The molecule has 0 atom stereocenters. The van der Waals surface area contributed by atoms with Gasteiger partial charge in [0.15, 0.2) is 5.69 Å². The molecule has 0 bridgehead atoms. The van der Waals surface area contributed by atoms with Crippen molar-refractivity contribution in [2.75, 3.05) is 7.11 Å². The number of rotatable bonds is 4. The van der Waals surface area contributed by atoms with Crippen molar-refractivity contribution in [3.63, 3.8) is 0 Å². The summed E-state index contributed by atoms with van der Waals surface area (Å²) in [6.45, 7) is 2.08. The van der Waals surface area contributed by atoms with E-state index in [-0.39, 0.29) is 11.6 Å². The van der Waals surface area contributed by atoms with Crippen LogP contribution >= 0.6 is 0 Å². The average Bonchev–Trinajstić information content (AvgIpc) is 2.47. The third kappa shape index (κ3) is 3.28. The van der Waals surface area contributed by atoms with Crippen LogP contribution in [0.15, 0.2) is 36.7 Å². The van der Waals surface area contributed by atoms with E-state index in [0.717, 1.165) is 6.42 Å². The maximum atomic E-state index is 11.3. The minimum atomic E-state index is -0.542. The number of carbonyl (C=O) groups excluding carboxylic acids is 1. The van der Waals surface area contributed by atoms with Crippen LogP contribution in [0.2, 0.25) is 0 Å². The Morgan fingerprint density at radius 1 is 1.21 bits per heavy atom. The van der Waals surface area contributed by atoms with Gasteiger partial charge in [0.2, 0.25) is 5.88 Å². The summed E-state index contributed by atoms with van der Waals surface area (Å²) < 4.78 is 10.1. The van der Waals surface area contributed by atoms with E-state index in [1.807, 2.05) is 24.3 Å². The van der Waals surface area contributed by atoms with Crippen molar-refractivity contribution < 1.29 is 14.3 Å². The molecule has 1 aromatic heterocycles. The molecule has 0 radical (unpaired) electrons. The van der Waals surface area contributed by atoms with Gasteiger partial charge in [0, 0.05) is 0 Å². The fourth-order valence-corrected chi connectivity index (χ4v) is 1.51. The number of hydrogen-bond donors (Lipinski definition) is 0. The van der Waals surface area contributed by atoms with Crippen LogP contribution in [0.1, 0.15) is 23.0 Å². The average molecular weight is 258 g/mol. The largest absolute Gasteiger partial charge is 0.464 e. The van der Waals surface area contributed by atoms with Crippen LogP contribution in [-0.4, -0.2) is 23.0 Å². The summed E-state index contributed by atoms with van der Waals surface area (Å²) >= 11 is 0. The molecule has 2 rings (SSSR count). The van der Waals surface area contributed by atoms with E-state index in [9.17, 15) is 4.79 Å². The molecule has 0 unspecified atom stereocenters. The van der Waals surface area contributed by atoms with Gasteiger partial charge in [0.25, 0.3) is 0 Å². The molecule has 19 heavy (non-hydrogen) atoms. The molecular weight excluding hydrogens is 244 g/mol. The quantitative estimate of drug-likeness (QED) is 0.789. The fourth-order valence-electron chi connectivity index (χ4n) is 1.51. The van der Waals surface area contributed by atoms with Crippen LogP contribution in [0.25, 0.3) is 0 Å². The van der Waals surface area contributed by atoms with Crippen LogP contribution in [0.5, 0.6) is 11.6 Å². The second-order valence-electron chi connectivity index (χ2n) is 3.83. The lowest BCUT2D eigenvalue weighted by molar-refractivity contribution is 0.0592. The van der Waals surface area contributed by atoms with Gasteiger partial charge in [-0.15, -0.1) is 0 Å². The molecule has 0 aliphatic rings. The van der Waals surface area contributed by atoms with Crippen LogP contribution in [0, 0.1) is 0 Å². The van der Waals surface area contributed by atoms with Gasteiger partial charge in [-0.05, 0) is 24.1 Å². The van der Waals surface area contributed by atoms with Crippen molar-refractivity contribution in [3.05, 3.63) is 47.9 Å². The molecule has 1 aromatic carbocycles. The molecular formula is C14H14N2O3. The van der Waals surface area contributed by atoms with Crippen molar-refractivity contribution in [3.8, 4) is 11.6 Å². The second kappa shape index (κ2) is 5.95. The number of hydrogen-bond acceptors (Lipinski definition) is 5. The summed E-state index contributed by atoms with van der Waals surface area (Å²) in [7, 11) is 1.29. The summed E-state index contributed by atoms with van der Waals surface area (Å²) in [5, 5.41) is 0. The van der Waals surface area contributed by atoms with Crippen LogP contribution in [-0.2, 0) is 11.2 Å². The zero-order valence-electron chi connectivity index (χ0n) is 10.8. The first-order chi connectivity index (χ1) is 9.22. The van der Waals surface area contributed by atoms with E-state index >= 15 is 0 Å². The minimum Gasteiger partial charge on any atom is -0.464 e. The van der Waals surface area contributed by atoms with E-state index < -0.39 is 5.97 Å². The highest BCUT2D eigenvalue weighted by atomic mass is 16.5. The number of benzene rings is 1. The van der Waals surface area contributed by atoms with Gasteiger partial charge in [-0.25, -0.2) is 9.78 Å². The predicted octanol–water partition coefficient (Wildman–Crippen LogP) is 2.62. The summed E-state index contributed by atoms with van der Waals surface area (Å²) in [5.74, 6) is 0.361. The summed E-state index contributed by atoms with van der Waals surface area (Å²) in [5.41, 5.74) is 1.34. The molecule has 0 N–H and O–H groups in total. The molecule has 0 saturated heterocycles. The Morgan fingerprint density at radius 3 is 2.58 bits per heavy atom. The van der Waals surface area contributed by atoms with Gasteiger partial charge < -0.3 is 9.47 Å². The first-order valence-corrected chi connectivity index (χ1v) is 5.90. The molecule has 0 spiro atoms. The molecule has 1 heterocycles. The highest BCUT2D eigenvalue weighted by Crippen LogP contribution is 2.19. The first kappa shape index (κ1) is 13.0. The Labute approximate surface area is 111 Å². The smallest absolute Gasteiger partial charge is 0.358 e. The highest BCUT2D eigenvalue weighted by Gasteiger charge is 2.09. The number of nitrogens with zero attached hydrogens (tertiary/aromatic N) is 2. The molecule has 2 aromatic rings. The molecule has 5 heteroatoms. The molecule has 5 nitrogen and oxygen atoms in total. The number of aromatic nitrogens is 2. The maximum Gasteiger partial charge on any atom is 0.358 e. The lowest BCUT2D eigenvalue weighted by atomic mass is 10.2. The lowest BCUT2D eigenvalue weighted by Gasteiger charge is -2.06. The van der Waals surface area contributed by atoms with Crippen molar-refractivity contribution in [1.29, 1.82) is 0 Å². The second-order valence-corrected chi connectivity index (χ2v) is 3.83. The Morgan fingerprint density at radius 2 is 1.95 bits per heavy atom. The molecule has 98 valence electrons. The first-order valence-electron chi connectivity index (χ1n) is 5.90. The number of esters is 1. The summed E-state index contributed by atoms with van der Waals surface area (Å²) in [4.78, 5) is 19.2.